The summed E-state index contributed by atoms with van der Waals surface area (Å²) in [4.78, 5) is 45.0. The van der Waals surface area contributed by atoms with E-state index in [1.54, 1.807) is 24.3 Å². The third kappa shape index (κ3) is 9.33. The second kappa shape index (κ2) is 16.7. The number of ether oxygens (including phenoxy) is 3. The molecular formula is C36H43N3O6. The summed E-state index contributed by atoms with van der Waals surface area (Å²) in [7, 11) is 0. The summed E-state index contributed by atoms with van der Waals surface area (Å²) >= 11 is 0. The Morgan fingerprint density at radius 1 is 0.867 bits per heavy atom. The maximum absolute atomic E-state index is 13.3. The Bertz CT molecular complexity index is 1480. The van der Waals surface area contributed by atoms with Crippen LogP contribution in [0.2, 0.25) is 0 Å². The second-order valence-electron chi connectivity index (χ2n) is 10.9. The molecule has 3 aromatic rings. The van der Waals surface area contributed by atoms with E-state index in [4.69, 9.17) is 19.2 Å². The van der Waals surface area contributed by atoms with Gasteiger partial charge in [0.2, 0.25) is 0 Å². The number of carbonyl (C=O) groups excluding carboxylic acids is 3. The van der Waals surface area contributed by atoms with Gasteiger partial charge in [-0.3, -0.25) is 19.9 Å². The van der Waals surface area contributed by atoms with E-state index in [1.807, 2.05) is 60.4 Å². The molecule has 2 amide bonds. The van der Waals surface area contributed by atoms with Crippen LogP contribution in [0.1, 0.15) is 71.9 Å². The topological polar surface area (TPSA) is 107 Å². The molecule has 0 bridgehead atoms. The zero-order chi connectivity index (χ0) is 30.7. The number of fused-ring (bicyclic) bond motifs is 1. The molecule has 9 nitrogen and oxygen atoms in total. The van der Waals surface area contributed by atoms with Gasteiger partial charge in [-0.05, 0) is 47.9 Å². The summed E-state index contributed by atoms with van der Waals surface area (Å²) in [6, 6.07) is 22.6. The summed E-state index contributed by atoms with van der Waals surface area (Å²) < 4.78 is 16.5. The molecule has 45 heavy (non-hydrogen) atoms. The number of hydrogen-bond donors (Lipinski definition) is 1. The molecule has 0 saturated carbocycles. The Kier molecular flexibility index (Phi) is 12.4. The largest absolute Gasteiger partial charge is 0.446 e. The van der Waals surface area contributed by atoms with Crippen molar-refractivity contribution < 1.29 is 28.6 Å². The number of anilines is 1. The van der Waals surface area contributed by atoms with Crippen molar-refractivity contribution in [3.05, 3.63) is 95.1 Å². The Labute approximate surface area is 265 Å². The van der Waals surface area contributed by atoms with Gasteiger partial charge in [-0.25, -0.2) is 4.79 Å². The fraction of sp³-hybridized carbons (Fsp3) is 0.389. The lowest BCUT2D eigenvalue weighted by molar-refractivity contribution is 0.0456. The maximum Gasteiger partial charge on any atom is 0.411 e. The first-order valence-corrected chi connectivity index (χ1v) is 15.3. The number of amides is 2. The van der Waals surface area contributed by atoms with E-state index in [0.717, 1.165) is 28.9 Å². The van der Waals surface area contributed by atoms with E-state index < -0.39 is 6.09 Å². The number of ketones is 1. The fourth-order valence-electron chi connectivity index (χ4n) is 5.34. The molecule has 238 valence electrons. The number of hydrogen-bond acceptors (Lipinski definition) is 7. The first kappa shape index (κ1) is 33.6. The first-order chi connectivity index (χ1) is 21.5. The molecule has 0 spiro atoms. The van der Waals surface area contributed by atoms with Crippen LogP contribution >= 0.6 is 0 Å². The van der Waals surface area contributed by atoms with Crippen LogP contribution in [0.15, 0.2) is 77.8 Å². The molecular weight excluding hydrogens is 570 g/mol. The van der Waals surface area contributed by atoms with Gasteiger partial charge in [0.1, 0.15) is 6.10 Å². The molecule has 0 atom stereocenters. The van der Waals surface area contributed by atoms with Crippen LogP contribution < -0.4 is 5.32 Å². The summed E-state index contributed by atoms with van der Waals surface area (Å²) in [5.74, 6) is -0.0957. The highest BCUT2D eigenvalue weighted by Crippen LogP contribution is 2.30. The Balaban J connectivity index is 0.00000461. The standard InChI is InChI=1S/C35H39N3O6.CH4/c1-2-18-42-20-21-43-19-15-33(39)26-9-6-10-29(23-26)36-35(41)44-30-13-16-38(17-14-30)34(40)27-11-12-31-28(22-27)24-32(37-31)25-7-4-3-5-8-25;/h3-12,22-23,30H,2,13-21,24H2,1H3,(H,36,41);1H4. The first-order valence-electron chi connectivity index (χ1n) is 15.3. The summed E-state index contributed by atoms with van der Waals surface area (Å²) in [5.41, 5.74) is 5.69. The SMILES string of the molecule is C.CCCOCCOCCC(=O)c1cccc(NC(=O)OC2CCN(C(=O)c3ccc4c(c3)CC(c3ccccc3)=N4)CC2)c1. The quantitative estimate of drug-likeness (QED) is 0.167. The Hall–Kier alpha value is -4.34. The predicted octanol–water partition coefficient (Wildman–Crippen LogP) is 6.87. The Morgan fingerprint density at radius 2 is 1.62 bits per heavy atom. The van der Waals surface area contributed by atoms with Crippen LogP contribution in [-0.4, -0.2) is 74.0 Å². The molecule has 2 aliphatic rings. The maximum atomic E-state index is 13.3. The third-order valence-electron chi connectivity index (χ3n) is 7.67. The average Bonchev–Trinajstić information content (AvgIpc) is 3.48. The number of nitrogens with one attached hydrogen (secondary N) is 1. The molecule has 1 fully saturated rings. The van der Waals surface area contributed by atoms with Crippen molar-refractivity contribution in [3.63, 3.8) is 0 Å². The average molecular weight is 614 g/mol. The zero-order valence-corrected chi connectivity index (χ0v) is 25.1. The lowest BCUT2D eigenvalue weighted by Crippen LogP contribution is -2.41. The van der Waals surface area contributed by atoms with E-state index in [2.05, 4.69) is 5.32 Å². The summed E-state index contributed by atoms with van der Waals surface area (Å²) in [6.45, 7) is 5.01. The number of Topliss-reactive ketones (excluding diaryl/α,β-unsaturated/α-hetero) is 1. The van der Waals surface area contributed by atoms with E-state index in [0.29, 0.717) is 75.6 Å². The van der Waals surface area contributed by atoms with Crippen molar-refractivity contribution in [1.82, 2.24) is 4.90 Å². The van der Waals surface area contributed by atoms with Crippen molar-refractivity contribution >= 4 is 34.9 Å². The number of nitrogens with zero attached hydrogens (tertiary/aromatic N) is 2. The van der Waals surface area contributed by atoms with Gasteiger partial charge in [0, 0.05) is 62.2 Å². The van der Waals surface area contributed by atoms with Crippen LogP contribution in [0.25, 0.3) is 0 Å². The van der Waals surface area contributed by atoms with Crippen LogP contribution in [0.5, 0.6) is 0 Å². The molecule has 0 radical (unpaired) electrons. The van der Waals surface area contributed by atoms with Crippen molar-refractivity contribution in [2.24, 2.45) is 4.99 Å². The molecule has 5 rings (SSSR count). The minimum atomic E-state index is -0.581. The minimum Gasteiger partial charge on any atom is -0.446 e. The molecule has 1 saturated heterocycles. The lowest BCUT2D eigenvalue weighted by Gasteiger charge is -2.31. The lowest BCUT2D eigenvalue weighted by atomic mass is 10.0. The van der Waals surface area contributed by atoms with E-state index in [9.17, 15) is 14.4 Å². The van der Waals surface area contributed by atoms with Gasteiger partial charge in [0.25, 0.3) is 5.91 Å². The van der Waals surface area contributed by atoms with Crippen molar-refractivity contribution in [2.75, 3.05) is 44.8 Å². The number of benzene rings is 3. The van der Waals surface area contributed by atoms with Crippen LogP contribution in [-0.2, 0) is 20.6 Å². The molecule has 2 heterocycles. The third-order valence-corrected chi connectivity index (χ3v) is 7.67. The van der Waals surface area contributed by atoms with E-state index in [1.165, 1.54) is 0 Å². The zero-order valence-electron chi connectivity index (χ0n) is 25.1. The van der Waals surface area contributed by atoms with Crippen LogP contribution in [0, 0.1) is 0 Å². The van der Waals surface area contributed by atoms with Crippen LogP contribution in [0.4, 0.5) is 16.2 Å². The number of carbonyl (C=O) groups is 3. The monoisotopic (exact) mass is 613 g/mol. The van der Waals surface area contributed by atoms with Gasteiger partial charge in [0.05, 0.1) is 31.2 Å². The fourth-order valence-corrected chi connectivity index (χ4v) is 5.34. The van der Waals surface area contributed by atoms with Gasteiger partial charge < -0.3 is 19.1 Å². The van der Waals surface area contributed by atoms with Gasteiger partial charge in [-0.1, -0.05) is 56.8 Å². The number of likely N-dealkylation sites (tertiary alicyclic amines) is 1. The molecule has 0 aromatic heterocycles. The van der Waals surface area contributed by atoms with Crippen molar-refractivity contribution in [2.45, 2.75) is 52.6 Å². The summed E-state index contributed by atoms with van der Waals surface area (Å²) in [5, 5.41) is 2.73. The van der Waals surface area contributed by atoms with E-state index in [-0.39, 0.29) is 31.6 Å². The molecule has 0 aliphatic carbocycles. The van der Waals surface area contributed by atoms with E-state index >= 15 is 0 Å². The predicted molar refractivity (Wildman–Crippen MR) is 176 cm³/mol. The molecule has 9 heteroatoms. The van der Waals surface area contributed by atoms with Gasteiger partial charge in [-0.15, -0.1) is 0 Å². The highest BCUT2D eigenvalue weighted by molar-refractivity contribution is 6.07. The Morgan fingerprint density at radius 3 is 2.38 bits per heavy atom. The van der Waals surface area contributed by atoms with Crippen molar-refractivity contribution in [1.29, 1.82) is 0 Å². The number of aliphatic imine (C=N–C) groups is 1. The molecule has 0 unspecified atom stereocenters. The summed E-state index contributed by atoms with van der Waals surface area (Å²) in [6.07, 6.45) is 2.12. The highest BCUT2D eigenvalue weighted by Gasteiger charge is 2.27. The second-order valence-corrected chi connectivity index (χ2v) is 10.9. The highest BCUT2D eigenvalue weighted by atomic mass is 16.6. The molecule has 3 aromatic carbocycles. The normalized spacial score (nSPS) is 14.2. The van der Waals surface area contributed by atoms with Gasteiger partial charge >= 0.3 is 6.09 Å². The molecule has 2 aliphatic heterocycles. The number of rotatable bonds is 13. The van der Waals surface area contributed by atoms with Gasteiger partial charge in [0.15, 0.2) is 5.78 Å². The smallest absolute Gasteiger partial charge is 0.411 e. The van der Waals surface area contributed by atoms with Crippen LogP contribution in [0.3, 0.4) is 0 Å². The number of piperidine rings is 1. The minimum absolute atomic E-state index is 0. The van der Waals surface area contributed by atoms with Crippen molar-refractivity contribution in [3.8, 4) is 0 Å². The van der Waals surface area contributed by atoms with Gasteiger partial charge in [-0.2, -0.15) is 0 Å². The molecule has 1 N–H and O–H groups in total.